The topological polar surface area (TPSA) is 67.9 Å². The van der Waals surface area contributed by atoms with Gasteiger partial charge in [-0.2, -0.15) is 0 Å². The van der Waals surface area contributed by atoms with E-state index in [0.717, 1.165) is 0 Å². The lowest BCUT2D eigenvalue weighted by molar-refractivity contribution is -0.137. The van der Waals surface area contributed by atoms with Crippen LogP contribution in [0.25, 0.3) is 5.57 Å². The molecule has 0 saturated heterocycles. The van der Waals surface area contributed by atoms with Crippen molar-refractivity contribution in [1.82, 2.24) is 4.90 Å². The van der Waals surface area contributed by atoms with Gasteiger partial charge in [0.05, 0.1) is 5.57 Å². The van der Waals surface area contributed by atoms with E-state index < -0.39 is 17.6 Å². The van der Waals surface area contributed by atoms with E-state index in [1.807, 2.05) is 13.8 Å². The van der Waals surface area contributed by atoms with Gasteiger partial charge in [0.2, 0.25) is 6.79 Å². The van der Waals surface area contributed by atoms with Crippen molar-refractivity contribution in [1.29, 1.82) is 0 Å². The van der Waals surface area contributed by atoms with E-state index in [1.54, 1.807) is 18.2 Å². The Labute approximate surface area is 161 Å². The number of anilines is 1. The van der Waals surface area contributed by atoms with Crippen molar-refractivity contribution in [3.63, 3.8) is 0 Å². The summed E-state index contributed by atoms with van der Waals surface area (Å²) in [5.74, 6) is 0.0835. The fourth-order valence-corrected chi connectivity index (χ4v) is 3.23. The SMILES string of the molecule is CC(C)CN1C(=O)C(Nc2ccc3c(c2)OCO3)=C(c2ccc(F)cc2)C1=O. The molecule has 2 aromatic rings. The monoisotopic (exact) mass is 382 g/mol. The number of benzene rings is 2. The van der Waals surface area contributed by atoms with Gasteiger partial charge in [-0.1, -0.05) is 26.0 Å². The molecule has 0 aromatic heterocycles. The molecule has 0 fully saturated rings. The number of fused-ring (bicyclic) bond motifs is 1. The number of rotatable bonds is 5. The van der Waals surface area contributed by atoms with Gasteiger partial charge in [0.15, 0.2) is 11.5 Å². The summed E-state index contributed by atoms with van der Waals surface area (Å²) in [5.41, 5.74) is 1.46. The highest BCUT2D eigenvalue weighted by Crippen LogP contribution is 2.36. The Morgan fingerprint density at radius 2 is 1.75 bits per heavy atom. The van der Waals surface area contributed by atoms with Crippen LogP contribution in [0.15, 0.2) is 48.2 Å². The predicted molar refractivity (Wildman–Crippen MR) is 101 cm³/mol. The summed E-state index contributed by atoms with van der Waals surface area (Å²) in [6.45, 7) is 4.30. The maximum absolute atomic E-state index is 13.3. The number of nitrogens with zero attached hydrogens (tertiary/aromatic N) is 1. The van der Waals surface area contributed by atoms with Gasteiger partial charge in [-0.15, -0.1) is 0 Å². The summed E-state index contributed by atoms with van der Waals surface area (Å²) >= 11 is 0. The number of imide groups is 1. The molecule has 2 amide bonds. The van der Waals surface area contributed by atoms with Crippen LogP contribution in [0, 0.1) is 11.7 Å². The molecule has 0 saturated carbocycles. The first-order valence-corrected chi connectivity index (χ1v) is 8.97. The van der Waals surface area contributed by atoms with E-state index >= 15 is 0 Å². The van der Waals surface area contributed by atoms with E-state index in [9.17, 15) is 14.0 Å². The second kappa shape index (κ2) is 6.99. The maximum atomic E-state index is 13.3. The minimum atomic E-state index is -0.412. The Morgan fingerprint density at radius 3 is 2.46 bits per heavy atom. The third-order valence-corrected chi connectivity index (χ3v) is 4.49. The molecule has 1 N–H and O–H groups in total. The van der Waals surface area contributed by atoms with Gasteiger partial charge in [0.1, 0.15) is 11.5 Å². The molecule has 28 heavy (non-hydrogen) atoms. The lowest BCUT2D eigenvalue weighted by atomic mass is 10.0. The van der Waals surface area contributed by atoms with Gasteiger partial charge in [0, 0.05) is 18.3 Å². The minimum Gasteiger partial charge on any atom is -0.454 e. The van der Waals surface area contributed by atoms with E-state index in [4.69, 9.17) is 9.47 Å². The summed E-state index contributed by atoms with van der Waals surface area (Å²) in [7, 11) is 0. The van der Waals surface area contributed by atoms with E-state index in [2.05, 4.69) is 5.32 Å². The molecule has 0 bridgehead atoms. The van der Waals surface area contributed by atoms with Crippen LogP contribution in [-0.2, 0) is 9.59 Å². The first-order chi connectivity index (χ1) is 13.4. The van der Waals surface area contributed by atoms with Gasteiger partial charge in [0.25, 0.3) is 11.8 Å². The van der Waals surface area contributed by atoms with Crippen LogP contribution >= 0.6 is 0 Å². The third kappa shape index (κ3) is 3.19. The molecule has 2 aromatic carbocycles. The average molecular weight is 382 g/mol. The Kier molecular flexibility index (Phi) is 4.50. The normalized spacial score (nSPS) is 15.8. The summed E-state index contributed by atoms with van der Waals surface area (Å²) in [6, 6.07) is 10.7. The first-order valence-electron chi connectivity index (χ1n) is 8.97. The highest BCUT2D eigenvalue weighted by Gasteiger charge is 2.39. The van der Waals surface area contributed by atoms with Gasteiger partial charge < -0.3 is 14.8 Å². The van der Waals surface area contributed by atoms with Crippen molar-refractivity contribution in [2.45, 2.75) is 13.8 Å². The van der Waals surface area contributed by atoms with Crippen LogP contribution in [0.4, 0.5) is 10.1 Å². The molecule has 6 nitrogen and oxygen atoms in total. The number of hydrogen-bond donors (Lipinski definition) is 1. The standard InChI is InChI=1S/C21H19FN2O4/c1-12(2)10-24-20(25)18(13-3-5-14(22)6-4-13)19(21(24)26)23-15-7-8-16-17(9-15)28-11-27-16/h3-9,12,23H,10-11H2,1-2H3. The number of ether oxygens (including phenoxy) is 2. The molecule has 0 spiro atoms. The number of amides is 2. The highest BCUT2D eigenvalue weighted by molar-refractivity contribution is 6.36. The van der Waals surface area contributed by atoms with E-state index in [0.29, 0.717) is 29.3 Å². The quantitative estimate of drug-likeness (QED) is 0.803. The number of carbonyl (C=O) groups excluding carboxylic acids is 2. The molecule has 2 aliphatic rings. The van der Waals surface area contributed by atoms with Crippen LogP contribution in [0.5, 0.6) is 11.5 Å². The largest absolute Gasteiger partial charge is 0.454 e. The second-order valence-corrected chi connectivity index (χ2v) is 7.06. The zero-order chi connectivity index (χ0) is 19.8. The molecule has 0 aliphatic carbocycles. The zero-order valence-electron chi connectivity index (χ0n) is 15.5. The molecule has 0 radical (unpaired) electrons. The van der Waals surface area contributed by atoms with Crippen molar-refractivity contribution < 1.29 is 23.5 Å². The van der Waals surface area contributed by atoms with Crippen LogP contribution < -0.4 is 14.8 Å². The summed E-state index contributed by atoms with van der Waals surface area (Å²) in [5, 5.41) is 3.06. The Balaban J connectivity index is 1.75. The molecular formula is C21H19FN2O4. The van der Waals surface area contributed by atoms with Crippen LogP contribution in [-0.4, -0.2) is 30.1 Å². The van der Waals surface area contributed by atoms with Crippen molar-refractivity contribution >= 4 is 23.1 Å². The first kappa shape index (κ1) is 18.0. The van der Waals surface area contributed by atoms with Crippen LogP contribution in [0.3, 0.4) is 0 Å². The molecule has 144 valence electrons. The van der Waals surface area contributed by atoms with Gasteiger partial charge in [-0.05, 0) is 35.7 Å². The number of carbonyl (C=O) groups is 2. The van der Waals surface area contributed by atoms with Gasteiger partial charge in [-0.25, -0.2) is 4.39 Å². The molecule has 0 atom stereocenters. The highest BCUT2D eigenvalue weighted by atomic mass is 19.1. The molecular weight excluding hydrogens is 363 g/mol. The summed E-state index contributed by atoms with van der Waals surface area (Å²) in [6.07, 6.45) is 0. The summed E-state index contributed by atoms with van der Waals surface area (Å²) in [4.78, 5) is 27.2. The fourth-order valence-electron chi connectivity index (χ4n) is 3.23. The fraction of sp³-hybridized carbons (Fsp3) is 0.238. The lowest BCUT2D eigenvalue weighted by Crippen LogP contribution is -2.35. The molecule has 4 rings (SSSR count). The van der Waals surface area contributed by atoms with E-state index in [1.165, 1.54) is 29.2 Å². The van der Waals surface area contributed by atoms with E-state index in [-0.39, 0.29) is 24.0 Å². The summed E-state index contributed by atoms with van der Waals surface area (Å²) < 4.78 is 24.0. The predicted octanol–water partition coefficient (Wildman–Crippen LogP) is 3.40. The molecule has 7 heteroatoms. The van der Waals surface area contributed by atoms with Gasteiger partial charge >= 0.3 is 0 Å². The van der Waals surface area contributed by atoms with Crippen molar-refractivity contribution in [2.75, 3.05) is 18.7 Å². The lowest BCUT2D eigenvalue weighted by Gasteiger charge is -2.17. The third-order valence-electron chi connectivity index (χ3n) is 4.49. The van der Waals surface area contributed by atoms with Gasteiger partial charge in [-0.3, -0.25) is 14.5 Å². The number of halogens is 1. The molecule has 2 aliphatic heterocycles. The number of nitrogens with one attached hydrogen (secondary N) is 1. The van der Waals surface area contributed by atoms with Crippen molar-refractivity contribution in [2.24, 2.45) is 5.92 Å². The zero-order valence-corrected chi connectivity index (χ0v) is 15.5. The Morgan fingerprint density at radius 1 is 1.04 bits per heavy atom. The van der Waals surface area contributed by atoms with Crippen molar-refractivity contribution in [3.8, 4) is 11.5 Å². The average Bonchev–Trinajstić information content (AvgIpc) is 3.21. The minimum absolute atomic E-state index is 0.118. The molecule has 2 heterocycles. The maximum Gasteiger partial charge on any atom is 0.278 e. The second-order valence-electron chi connectivity index (χ2n) is 7.06. The van der Waals surface area contributed by atoms with Crippen LogP contribution in [0.1, 0.15) is 19.4 Å². The van der Waals surface area contributed by atoms with Crippen LogP contribution in [0.2, 0.25) is 0 Å². The Hall–Kier alpha value is -3.35. The van der Waals surface area contributed by atoms with Crippen molar-refractivity contribution in [3.05, 3.63) is 59.5 Å². The number of hydrogen-bond acceptors (Lipinski definition) is 5. The Bertz CT molecular complexity index is 982. The smallest absolute Gasteiger partial charge is 0.278 e. The molecule has 0 unspecified atom stereocenters.